The van der Waals surface area contributed by atoms with Crippen molar-refractivity contribution in [3.05, 3.63) is 66.9 Å². The standard InChI is InChI=1S/C22H24N4O4/c27-21(7-10-25-11-9-23-17-25)26-12-13-28-14-15-29-19-5-1-2-6-20(19)30-22-18(16-26)4-3-8-24-22/h1-6,8-9,11,17H,7,10,12-16H2. The SMILES string of the molecule is O=C(CCn1ccnc1)N1CCOCCOc2ccccc2Oc2ncccc2C1. The van der Waals surface area contributed by atoms with Gasteiger partial charge in [-0.1, -0.05) is 18.2 Å². The highest BCUT2D eigenvalue weighted by Gasteiger charge is 2.18. The van der Waals surface area contributed by atoms with Gasteiger partial charge in [0.15, 0.2) is 11.5 Å². The van der Waals surface area contributed by atoms with E-state index in [0.717, 1.165) is 5.56 Å². The van der Waals surface area contributed by atoms with Crippen LogP contribution in [0.1, 0.15) is 12.0 Å². The summed E-state index contributed by atoms with van der Waals surface area (Å²) >= 11 is 0. The Morgan fingerprint density at radius 3 is 2.80 bits per heavy atom. The molecule has 30 heavy (non-hydrogen) atoms. The van der Waals surface area contributed by atoms with Gasteiger partial charge in [-0.2, -0.15) is 0 Å². The maximum absolute atomic E-state index is 12.9. The van der Waals surface area contributed by atoms with Crippen LogP contribution >= 0.6 is 0 Å². The fourth-order valence-corrected chi connectivity index (χ4v) is 3.18. The van der Waals surface area contributed by atoms with Crippen molar-refractivity contribution in [3.8, 4) is 17.4 Å². The van der Waals surface area contributed by atoms with E-state index in [-0.39, 0.29) is 5.91 Å². The van der Waals surface area contributed by atoms with Crippen molar-refractivity contribution in [1.29, 1.82) is 0 Å². The maximum Gasteiger partial charge on any atom is 0.224 e. The van der Waals surface area contributed by atoms with Crippen molar-refractivity contribution in [2.75, 3.05) is 26.4 Å². The molecule has 0 aliphatic carbocycles. The van der Waals surface area contributed by atoms with Crippen LogP contribution in [0.4, 0.5) is 0 Å². The van der Waals surface area contributed by atoms with Gasteiger partial charge < -0.3 is 23.7 Å². The van der Waals surface area contributed by atoms with Gasteiger partial charge in [-0.3, -0.25) is 4.79 Å². The molecule has 3 aromatic rings. The molecule has 3 heterocycles. The van der Waals surface area contributed by atoms with Crippen LogP contribution in [0, 0.1) is 0 Å². The van der Waals surface area contributed by atoms with Crippen LogP contribution in [0.3, 0.4) is 0 Å². The van der Waals surface area contributed by atoms with Crippen molar-refractivity contribution in [2.24, 2.45) is 0 Å². The van der Waals surface area contributed by atoms with E-state index in [1.165, 1.54) is 0 Å². The Kier molecular flexibility index (Phi) is 6.56. The van der Waals surface area contributed by atoms with Crippen molar-refractivity contribution in [2.45, 2.75) is 19.5 Å². The third-order valence-corrected chi connectivity index (χ3v) is 4.75. The minimum Gasteiger partial charge on any atom is -0.487 e. The summed E-state index contributed by atoms with van der Waals surface area (Å²) < 4.78 is 19.5. The first kappa shape index (κ1) is 19.9. The number of benzene rings is 1. The number of imidazole rings is 1. The average molecular weight is 408 g/mol. The number of carbonyl (C=O) groups is 1. The number of aryl methyl sites for hydroxylation is 1. The Labute approximate surface area is 175 Å². The van der Waals surface area contributed by atoms with Crippen LogP contribution in [0.15, 0.2) is 61.3 Å². The number of nitrogens with zero attached hydrogens (tertiary/aromatic N) is 4. The topological polar surface area (TPSA) is 78.7 Å². The third kappa shape index (κ3) is 5.15. The largest absolute Gasteiger partial charge is 0.487 e. The summed E-state index contributed by atoms with van der Waals surface area (Å²) in [5.74, 6) is 1.70. The molecule has 8 nitrogen and oxygen atoms in total. The molecule has 1 aromatic carbocycles. The van der Waals surface area contributed by atoms with Gasteiger partial charge >= 0.3 is 0 Å². The quantitative estimate of drug-likeness (QED) is 0.663. The Morgan fingerprint density at radius 1 is 1.03 bits per heavy atom. The van der Waals surface area contributed by atoms with Gasteiger partial charge in [0.05, 0.1) is 26.1 Å². The number of amides is 1. The Balaban J connectivity index is 1.55. The van der Waals surface area contributed by atoms with Crippen molar-refractivity contribution in [1.82, 2.24) is 19.4 Å². The van der Waals surface area contributed by atoms with E-state index >= 15 is 0 Å². The van der Waals surface area contributed by atoms with Gasteiger partial charge in [-0.15, -0.1) is 0 Å². The highest BCUT2D eigenvalue weighted by atomic mass is 16.5. The second-order valence-electron chi connectivity index (χ2n) is 6.84. The monoisotopic (exact) mass is 408 g/mol. The summed E-state index contributed by atoms with van der Waals surface area (Å²) in [5, 5.41) is 0. The zero-order valence-electron chi connectivity index (χ0n) is 16.6. The normalized spacial score (nSPS) is 14.7. The molecule has 8 heteroatoms. The highest BCUT2D eigenvalue weighted by molar-refractivity contribution is 5.76. The van der Waals surface area contributed by atoms with Crippen molar-refractivity contribution < 1.29 is 19.0 Å². The van der Waals surface area contributed by atoms with Crippen LogP contribution in [-0.4, -0.2) is 51.7 Å². The Hall–Kier alpha value is -3.39. The van der Waals surface area contributed by atoms with Crippen LogP contribution in [0.2, 0.25) is 0 Å². The van der Waals surface area contributed by atoms with Crippen molar-refractivity contribution in [3.63, 3.8) is 0 Å². The lowest BCUT2D eigenvalue weighted by Crippen LogP contribution is -2.34. The molecule has 0 N–H and O–H groups in total. The number of ether oxygens (including phenoxy) is 3. The molecule has 2 aromatic heterocycles. The molecule has 0 spiro atoms. The second-order valence-corrected chi connectivity index (χ2v) is 6.84. The molecule has 1 amide bonds. The summed E-state index contributed by atoms with van der Waals surface area (Å²) in [7, 11) is 0. The number of hydrogen-bond donors (Lipinski definition) is 0. The first-order valence-corrected chi connectivity index (χ1v) is 9.94. The average Bonchev–Trinajstić information content (AvgIpc) is 3.29. The predicted octanol–water partition coefficient (Wildman–Crippen LogP) is 2.90. The molecule has 4 rings (SSSR count). The first-order chi connectivity index (χ1) is 14.8. The molecule has 1 aliphatic rings. The highest BCUT2D eigenvalue weighted by Crippen LogP contribution is 2.32. The second kappa shape index (κ2) is 9.89. The maximum atomic E-state index is 12.9. The van der Waals surface area contributed by atoms with Gasteiger partial charge in [-0.05, 0) is 18.2 Å². The number of para-hydroxylation sites is 2. The predicted molar refractivity (Wildman–Crippen MR) is 109 cm³/mol. The molecule has 0 saturated carbocycles. The number of fused-ring (bicyclic) bond motifs is 2. The third-order valence-electron chi connectivity index (χ3n) is 4.75. The summed E-state index contributed by atoms with van der Waals surface area (Å²) in [4.78, 5) is 23.1. The number of rotatable bonds is 3. The molecule has 0 fully saturated rings. The van der Waals surface area contributed by atoms with Gasteiger partial charge in [-0.25, -0.2) is 9.97 Å². The number of carbonyl (C=O) groups excluding carboxylic acids is 1. The lowest BCUT2D eigenvalue weighted by molar-refractivity contribution is -0.132. The van der Waals surface area contributed by atoms with E-state index in [1.807, 2.05) is 47.2 Å². The van der Waals surface area contributed by atoms with Gasteiger partial charge in [0.1, 0.15) is 6.61 Å². The fourth-order valence-electron chi connectivity index (χ4n) is 3.18. The van der Waals surface area contributed by atoms with Crippen LogP contribution in [-0.2, 0) is 22.6 Å². The van der Waals surface area contributed by atoms with E-state index in [4.69, 9.17) is 14.2 Å². The lowest BCUT2D eigenvalue weighted by atomic mass is 10.2. The van der Waals surface area contributed by atoms with Gasteiger partial charge in [0, 0.05) is 43.7 Å². The number of pyridine rings is 1. The minimum atomic E-state index is 0.0358. The molecule has 0 unspecified atom stereocenters. The summed E-state index contributed by atoms with van der Waals surface area (Å²) in [6, 6.07) is 11.2. The fraction of sp³-hybridized carbons (Fsp3) is 0.318. The summed E-state index contributed by atoms with van der Waals surface area (Å²) in [6.45, 7) is 2.69. The van der Waals surface area contributed by atoms with E-state index in [2.05, 4.69) is 9.97 Å². The smallest absolute Gasteiger partial charge is 0.224 e. The first-order valence-electron chi connectivity index (χ1n) is 9.94. The molecular formula is C22H24N4O4. The molecule has 0 saturated heterocycles. The number of aromatic nitrogens is 3. The minimum absolute atomic E-state index is 0.0358. The molecule has 156 valence electrons. The van der Waals surface area contributed by atoms with Crippen LogP contribution < -0.4 is 9.47 Å². The molecule has 0 radical (unpaired) electrons. The molecular weight excluding hydrogens is 384 g/mol. The van der Waals surface area contributed by atoms with Crippen LogP contribution in [0.5, 0.6) is 17.4 Å². The van der Waals surface area contributed by atoms with E-state index in [0.29, 0.717) is 63.3 Å². The van der Waals surface area contributed by atoms with Gasteiger partial charge in [0.25, 0.3) is 0 Å². The Bertz CT molecular complexity index is 961. The number of hydrogen-bond acceptors (Lipinski definition) is 6. The molecule has 0 atom stereocenters. The zero-order chi connectivity index (χ0) is 20.6. The Morgan fingerprint density at radius 2 is 1.93 bits per heavy atom. The lowest BCUT2D eigenvalue weighted by Gasteiger charge is -2.23. The molecule has 1 aliphatic heterocycles. The van der Waals surface area contributed by atoms with E-state index in [1.54, 1.807) is 23.6 Å². The van der Waals surface area contributed by atoms with Gasteiger partial charge in [0.2, 0.25) is 11.8 Å². The van der Waals surface area contributed by atoms with Crippen LogP contribution in [0.25, 0.3) is 0 Å². The van der Waals surface area contributed by atoms with E-state index in [9.17, 15) is 4.79 Å². The molecule has 0 bridgehead atoms. The summed E-state index contributed by atoms with van der Waals surface area (Å²) in [5.41, 5.74) is 0.822. The van der Waals surface area contributed by atoms with E-state index < -0.39 is 0 Å². The van der Waals surface area contributed by atoms with Crippen molar-refractivity contribution >= 4 is 5.91 Å². The summed E-state index contributed by atoms with van der Waals surface area (Å²) in [6.07, 6.45) is 7.31. The zero-order valence-corrected chi connectivity index (χ0v) is 16.6.